The Bertz CT molecular complexity index is 727. The zero-order valence-electron chi connectivity index (χ0n) is 12.6. The number of hydrogen-bond acceptors (Lipinski definition) is 3. The Labute approximate surface area is 132 Å². The standard InChI is InChI=1S/C17H15F2NO3/c1-10(2)23-17(22)11-3-6-13(7-4-11)20-16(21)14-8-5-12(18)9-15(14)19/h3-10H,1-2H3,(H,20,21). The van der Waals surface area contributed by atoms with Crippen molar-refractivity contribution in [2.24, 2.45) is 0 Å². The molecule has 4 nitrogen and oxygen atoms in total. The van der Waals surface area contributed by atoms with Crippen LogP contribution < -0.4 is 5.32 Å². The van der Waals surface area contributed by atoms with E-state index in [0.717, 1.165) is 12.1 Å². The third kappa shape index (κ3) is 4.35. The molecule has 23 heavy (non-hydrogen) atoms. The minimum atomic E-state index is -0.945. The molecule has 120 valence electrons. The lowest BCUT2D eigenvalue weighted by molar-refractivity contribution is 0.0378. The highest BCUT2D eigenvalue weighted by molar-refractivity contribution is 6.04. The van der Waals surface area contributed by atoms with Crippen molar-refractivity contribution >= 4 is 17.6 Å². The second kappa shape index (κ2) is 7.00. The number of carbonyl (C=O) groups excluding carboxylic acids is 2. The SMILES string of the molecule is CC(C)OC(=O)c1ccc(NC(=O)c2ccc(F)cc2F)cc1. The molecule has 0 fully saturated rings. The highest BCUT2D eigenvalue weighted by Gasteiger charge is 2.13. The molecule has 1 N–H and O–H groups in total. The van der Waals surface area contributed by atoms with Gasteiger partial charge in [0.15, 0.2) is 0 Å². The topological polar surface area (TPSA) is 55.4 Å². The summed E-state index contributed by atoms with van der Waals surface area (Å²) in [4.78, 5) is 23.6. The first-order valence-electron chi connectivity index (χ1n) is 6.94. The van der Waals surface area contributed by atoms with Gasteiger partial charge in [-0.15, -0.1) is 0 Å². The maximum atomic E-state index is 13.5. The van der Waals surface area contributed by atoms with Crippen LogP contribution in [0.15, 0.2) is 42.5 Å². The van der Waals surface area contributed by atoms with Gasteiger partial charge in [0.25, 0.3) is 5.91 Å². The van der Waals surface area contributed by atoms with Crippen molar-refractivity contribution in [1.29, 1.82) is 0 Å². The van der Waals surface area contributed by atoms with E-state index in [1.165, 1.54) is 24.3 Å². The molecule has 0 spiro atoms. The zero-order chi connectivity index (χ0) is 17.0. The quantitative estimate of drug-likeness (QED) is 0.873. The van der Waals surface area contributed by atoms with Gasteiger partial charge in [-0.2, -0.15) is 0 Å². The maximum absolute atomic E-state index is 13.5. The molecule has 6 heteroatoms. The number of halogens is 2. The van der Waals surface area contributed by atoms with Crippen LogP contribution in [0.1, 0.15) is 34.6 Å². The van der Waals surface area contributed by atoms with Gasteiger partial charge in [-0.05, 0) is 50.2 Å². The van der Waals surface area contributed by atoms with Crippen molar-refractivity contribution in [2.45, 2.75) is 20.0 Å². The van der Waals surface area contributed by atoms with Crippen molar-refractivity contribution in [3.05, 3.63) is 65.2 Å². The normalized spacial score (nSPS) is 10.5. The van der Waals surface area contributed by atoms with E-state index in [0.29, 0.717) is 17.3 Å². The molecule has 0 atom stereocenters. The first kappa shape index (κ1) is 16.6. The number of carbonyl (C=O) groups is 2. The Morgan fingerprint density at radius 1 is 1.04 bits per heavy atom. The lowest BCUT2D eigenvalue weighted by atomic mass is 10.1. The van der Waals surface area contributed by atoms with Crippen LogP contribution in [0.25, 0.3) is 0 Å². The van der Waals surface area contributed by atoms with Gasteiger partial charge in [-0.1, -0.05) is 0 Å². The van der Waals surface area contributed by atoms with E-state index >= 15 is 0 Å². The van der Waals surface area contributed by atoms with E-state index in [2.05, 4.69) is 5.32 Å². The summed E-state index contributed by atoms with van der Waals surface area (Å²) in [5.41, 5.74) is 0.444. The molecular weight excluding hydrogens is 304 g/mol. The fourth-order valence-corrected chi connectivity index (χ4v) is 1.84. The van der Waals surface area contributed by atoms with E-state index in [-0.39, 0.29) is 11.7 Å². The van der Waals surface area contributed by atoms with Crippen molar-refractivity contribution < 1.29 is 23.1 Å². The van der Waals surface area contributed by atoms with Gasteiger partial charge in [-0.3, -0.25) is 4.79 Å². The fourth-order valence-electron chi connectivity index (χ4n) is 1.84. The third-order valence-electron chi connectivity index (χ3n) is 2.90. The predicted octanol–water partition coefficient (Wildman–Crippen LogP) is 3.78. The molecule has 0 aliphatic carbocycles. The molecule has 0 aromatic heterocycles. The van der Waals surface area contributed by atoms with Gasteiger partial charge in [-0.25, -0.2) is 13.6 Å². The third-order valence-corrected chi connectivity index (χ3v) is 2.90. The molecule has 2 rings (SSSR count). The molecule has 1 amide bonds. The van der Waals surface area contributed by atoms with Crippen molar-refractivity contribution in [1.82, 2.24) is 0 Å². The first-order valence-corrected chi connectivity index (χ1v) is 6.94. The summed E-state index contributed by atoms with van der Waals surface area (Å²) < 4.78 is 31.4. The van der Waals surface area contributed by atoms with Crippen LogP contribution in [-0.2, 0) is 4.74 Å². The van der Waals surface area contributed by atoms with Crippen molar-refractivity contribution in [2.75, 3.05) is 5.32 Å². The van der Waals surface area contributed by atoms with E-state index in [4.69, 9.17) is 4.74 Å². The number of rotatable bonds is 4. The number of anilines is 1. The Hall–Kier alpha value is -2.76. The molecule has 0 saturated carbocycles. The number of ether oxygens (including phenoxy) is 1. The smallest absolute Gasteiger partial charge is 0.338 e. The van der Waals surface area contributed by atoms with Gasteiger partial charge in [0.1, 0.15) is 11.6 Å². The number of esters is 1. The van der Waals surface area contributed by atoms with Gasteiger partial charge in [0.05, 0.1) is 17.2 Å². The maximum Gasteiger partial charge on any atom is 0.338 e. The Morgan fingerprint density at radius 3 is 2.26 bits per heavy atom. The molecule has 0 heterocycles. The van der Waals surface area contributed by atoms with Gasteiger partial charge in [0.2, 0.25) is 0 Å². The zero-order valence-corrected chi connectivity index (χ0v) is 12.6. The summed E-state index contributed by atoms with van der Waals surface area (Å²) in [5.74, 6) is -2.88. The van der Waals surface area contributed by atoms with E-state index < -0.39 is 23.5 Å². The summed E-state index contributed by atoms with van der Waals surface area (Å²) in [6.45, 7) is 3.48. The minimum Gasteiger partial charge on any atom is -0.459 e. The molecule has 0 radical (unpaired) electrons. The molecule has 0 aliphatic rings. The Kier molecular flexibility index (Phi) is 5.05. The van der Waals surface area contributed by atoms with Gasteiger partial charge in [0, 0.05) is 11.8 Å². The molecule has 0 bridgehead atoms. The highest BCUT2D eigenvalue weighted by atomic mass is 19.1. The van der Waals surface area contributed by atoms with Crippen LogP contribution in [0.3, 0.4) is 0 Å². The second-order valence-electron chi connectivity index (χ2n) is 5.11. The van der Waals surface area contributed by atoms with Crippen LogP contribution in [0, 0.1) is 11.6 Å². The summed E-state index contributed by atoms with van der Waals surface area (Å²) in [6.07, 6.45) is -0.233. The summed E-state index contributed by atoms with van der Waals surface area (Å²) >= 11 is 0. The predicted molar refractivity (Wildman–Crippen MR) is 81.3 cm³/mol. The van der Waals surface area contributed by atoms with E-state index in [1.54, 1.807) is 13.8 Å². The van der Waals surface area contributed by atoms with Crippen LogP contribution in [0.4, 0.5) is 14.5 Å². The average Bonchev–Trinajstić information content (AvgIpc) is 2.47. The molecule has 2 aromatic rings. The average molecular weight is 319 g/mol. The van der Waals surface area contributed by atoms with Crippen LogP contribution in [0.5, 0.6) is 0 Å². The molecular formula is C17H15F2NO3. The van der Waals surface area contributed by atoms with Crippen LogP contribution in [0.2, 0.25) is 0 Å². The lowest BCUT2D eigenvalue weighted by Gasteiger charge is -2.09. The number of hydrogen-bond donors (Lipinski definition) is 1. The number of amides is 1. The molecule has 0 unspecified atom stereocenters. The van der Waals surface area contributed by atoms with E-state index in [1.807, 2.05) is 0 Å². The Balaban J connectivity index is 2.08. The van der Waals surface area contributed by atoms with Crippen molar-refractivity contribution in [3.63, 3.8) is 0 Å². The number of benzene rings is 2. The van der Waals surface area contributed by atoms with Crippen LogP contribution in [-0.4, -0.2) is 18.0 Å². The molecule has 0 saturated heterocycles. The molecule has 2 aromatic carbocycles. The summed E-state index contributed by atoms with van der Waals surface area (Å²) in [5, 5.41) is 2.47. The van der Waals surface area contributed by atoms with Gasteiger partial charge >= 0.3 is 5.97 Å². The monoisotopic (exact) mass is 319 g/mol. The first-order chi connectivity index (χ1) is 10.9. The fraction of sp³-hybridized carbons (Fsp3) is 0.176. The van der Waals surface area contributed by atoms with Gasteiger partial charge < -0.3 is 10.1 Å². The minimum absolute atomic E-state index is 0.233. The summed E-state index contributed by atoms with van der Waals surface area (Å²) in [6, 6.07) is 8.67. The van der Waals surface area contributed by atoms with Crippen LogP contribution >= 0.6 is 0 Å². The van der Waals surface area contributed by atoms with Crippen molar-refractivity contribution in [3.8, 4) is 0 Å². The molecule has 0 aliphatic heterocycles. The second-order valence-corrected chi connectivity index (χ2v) is 5.11. The lowest BCUT2D eigenvalue weighted by Crippen LogP contribution is -2.14. The van der Waals surface area contributed by atoms with E-state index in [9.17, 15) is 18.4 Å². The number of nitrogens with one attached hydrogen (secondary N) is 1. The summed E-state index contributed by atoms with van der Waals surface area (Å²) in [7, 11) is 0. The highest BCUT2D eigenvalue weighted by Crippen LogP contribution is 2.15. The largest absolute Gasteiger partial charge is 0.459 e. The Morgan fingerprint density at radius 2 is 1.70 bits per heavy atom.